The van der Waals surface area contributed by atoms with Crippen molar-refractivity contribution < 1.29 is 27.4 Å². The fourth-order valence-corrected chi connectivity index (χ4v) is 3.65. The summed E-state index contributed by atoms with van der Waals surface area (Å²) in [6, 6.07) is 24.6. The number of benzene rings is 3. The van der Waals surface area contributed by atoms with E-state index in [2.05, 4.69) is 0 Å². The van der Waals surface area contributed by atoms with E-state index in [4.69, 9.17) is 19.2 Å². The molecule has 1 heterocycles. The van der Waals surface area contributed by atoms with Crippen molar-refractivity contribution in [3.05, 3.63) is 95.7 Å². The summed E-state index contributed by atoms with van der Waals surface area (Å²) < 4.78 is 54.6. The van der Waals surface area contributed by atoms with Crippen molar-refractivity contribution in [1.29, 1.82) is 0 Å². The third kappa shape index (κ3) is 6.88. The highest BCUT2D eigenvalue weighted by Gasteiger charge is 2.26. The van der Waals surface area contributed by atoms with E-state index in [0.717, 1.165) is 33.5 Å². The molecule has 35 heavy (non-hydrogen) atoms. The van der Waals surface area contributed by atoms with Gasteiger partial charge in [-0.05, 0) is 43.2 Å². The summed E-state index contributed by atoms with van der Waals surface area (Å²) in [6.07, 6.45) is -5.14. The number of fused-ring (bicyclic) bond motifs is 1. The monoisotopic (exact) mass is 481 g/mol. The topological polar surface area (TPSA) is 40.6 Å². The maximum atomic E-state index is 12.3. The standard InChI is InChI=1S/C28H26F3NO3/c1-20-26(19-34-23-12-7-11-22(17-23)33-16-8-15-28(29,30)31)32-25-14-6-5-13-24(25)27(20)35-18-21-9-3-2-4-10-21/h2-7,9-14,17H,8,15-16,18-19H2,1H3. The second-order valence-corrected chi connectivity index (χ2v) is 8.13. The van der Waals surface area contributed by atoms with E-state index in [1.165, 1.54) is 0 Å². The van der Waals surface area contributed by atoms with Gasteiger partial charge in [0.1, 0.15) is 30.5 Å². The Morgan fingerprint density at radius 2 is 1.49 bits per heavy atom. The molecule has 4 rings (SSSR count). The molecular formula is C28H26F3NO3. The molecule has 0 fully saturated rings. The van der Waals surface area contributed by atoms with Crippen LogP contribution in [0.1, 0.15) is 29.7 Å². The largest absolute Gasteiger partial charge is 0.493 e. The Bertz CT molecular complexity index is 1260. The molecule has 0 atom stereocenters. The number of nitrogens with zero attached hydrogens (tertiary/aromatic N) is 1. The number of hydrogen-bond acceptors (Lipinski definition) is 4. The summed E-state index contributed by atoms with van der Waals surface area (Å²) in [5, 5.41) is 0.930. The number of hydrogen-bond donors (Lipinski definition) is 0. The smallest absolute Gasteiger partial charge is 0.389 e. The van der Waals surface area contributed by atoms with E-state index in [-0.39, 0.29) is 19.6 Å². The van der Waals surface area contributed by atoms with Crippen LogP contribution in [0, 0.1) is 6.92 Å². The van der Waals surface area contributed by atoms with Gasteiger partial charge in [0, 0.05) is 23.4 Å². The number of rotatable bonds is 10. The first-order valence-corrected chi connectivity index (χ1v) is 11.4. The van der Waals surface area contributed by atoms with Gasteiger partial charge in [-0.2, -0.15) is 13.2 Å². The molecule has 0 aliphatic rings. The van der Waals surface area contributed by atoms with Crippen LogP contribution in [0.3, 0.4) is 0 Å². The highest BCUT2D eigenvalue weighted by Crippen LogP contribution is 2.32. The Kier molecular flexibility index (Phi) is 7.75. The van der Waals surface area contributed by atoms with Crippen LogP contribution in [0.2, 0.25) is 0 Å². The zero-order chi connectivity index (χ0) is 24.7. The minimum Gasteiger partial charge on any atom is -0.493 e. The molecule has 4 nitrogen and oxygen atoms in total. The predicted octanol–water partition coefficient (Wildman–Crippen LogP) is 7.42. The minimum atomic E-state index is -4.18. The molecule has 0 unspecified atom stereocenters. The fourth-order valence-electron chi connectivity index (χ4n) is 3.65. The van der Waals surface area contributed by atoms with Crippen LogP contribution in [-0.2, 0) is 13.2 Å². The molecule has 0 radical (unpaired) electrons. The van der Waals surface area contributed by atoms with E-state index in [0.29, 0.717) is 18.1 Å². The van der Waals surface area contributed by atoms with E-state index < -0.39 is 12.6 Å². The van der Waals surface area contributed by atoms with E-state index in [9.17, 15) is 13.2 Å². The summed E-state index contributed by atoms with van der Waals surface area (Å²) >= 11 is 0. The van der Waals surface area contributed by atoms with Crippen LogP contribution in [-0.4, -0.2) is 17.8 Å². The zero-order valence-corrected chi connectivity index (χ0v) is 19.3. The van der Waals surface area contributed by atoms with Crippen molar-refractivity contribution in [3.8, 4) is 17.2 Å². The second-order valence-electron chi connectivity index (χ2n) is 8.13. The molecule has 4 aromatic rings. The van der Waals surface area contributed by atoms with Crippen LogP contribution in [0.25, 0.3) is 10.9 Å². The third-order valence-corrected chi connectivity index (χ3v) is 5.46. The van der Waals surface area contributed by atoms with Gasteiger partial charge in [-0.3, -0.25) is 0 Å². The van der Waals surface area contributed by atoms with Gasteiger partial charge in [0.15, 0.2) is 0 Å². The van der Waals surface area contributed by atoms with Gasteiger partial charge in [0.05, 0.1) is 17.8 Å². The molecule has 0 bridgehead atoms. The highest BCUT2D eigenvalue weighted by molar-refractivity contribution is 5.86. The quantitative estimate of drug-likeness (QED) is 0.221. The second kappa shape index (κ2) is 11.1. The average molecular weight is 482 g/mol. The Morgan fingerprint density at radius 3 is 2.26 bits per heavy atom. The van der Waals surface area contributed by atoms with Gasteiger partial charge >= 0.3 is 6.18 Å². The third-order valence-electron chi connectivity index (χ3n) is 5.46. The normalized spacial score (nSPS) is 11.4. The first-order valence-electron chi connectivity index (χ1n) is 11.4. The van der Waals surface area contributed by atoms with Crippen LogP contribution >= 0.6 is 0 Å². The summed E-state index contributed by atoms with van der Waals surface area (Å²) in [4.78, 5) is 4.77. The van der Waals surface area contributed by atoms with Crippen LogP contribution in [0.15, 0.2) is 78.9 Å². The van der Waals surface area contributed by atoms with Gasteiger partial charge < -0.3 is 14.2 Å². The minimum absolute atomic E-state index is 0.0174. The van der Waals surface area contributed by atoms with E-state index in [1.807, 2.05) is 61.5 Å². The van der Waals surface area contributed by atoms with Gasteiger partial charge in [-0.15, -0.1) is 0 Å². The van der Waals surface area contributed by atoms with Crippen molar-refractivity contribution in [2.45, 2.75) is 39.2 Å². The number of halogens is 3. The number of para-hydroxylation sites is 1. The zero-order valence-electron chi connectivity index (χ0n) is 19.3. The van der Waals surface area contributed by atoms with Crippen LogP contribution in [0.4, 0.5) is 13.2 Å². The Balaban J connectivity index is 1.46. The molecule has 0 saturated carbocycles. The predicted molar refractivity (Wildman–Crippen MR) is 129 cm³/mol. The lowest BCUT2D eigenvalue weighted by Gasteiger charge is -2.16. The van der Waals surface area contributed by atoms with Crippen molar-refractivity contribution in [3.63, 3.8) is 0 Å². The fraction of sp³-hybridized carbons (Fsp3) is 0.250. The van der Waals surface area contributed by atoms with E-state index in [1.54, 1.807) is 24.3 Å². The van der Waals surface area contributed by atoms with Gasteiger partial charge in [-0.1, -0.05) is 48.5 Å². The Hall–Kier alpha value is -3.74. The molecule has 0 amide bonds. The Labute approximate surface area is 202 Å². The van der Waals surface area contributed by atoms with Gasteiger partial charge in [0.25, 0.3) is 0 Å². The molecule has 1 aromatic heterocycles. The Morgan fingerprint density at radius 1 is 0.771 bits per heavy atom. The molecule has 3 aromatic carbocycles. The number of pyridine rings is 1. The summed E-state index contributed by atoms with van der Waals surface area (Å²) in [5.41, 5.74) is 3.50. The van der Waals surface area contributed by atoms with Crippen molar-refractivity contribution in [2.75, 3.05) is 6.61 Å². The molecule has 182 valence electrons. The molecule has 0 N–H and O–H groups in total. The lowest BCUT2D eigenvalue weighted by Crippen LogP contribution is -2.09. The van der Waals surface area contributed by atoms with Crippen LogP contribution < -0.4 is 14.2 Å². The molecule has 0 spiro atoms. The van der Waals surface area contributed by atoms with Crippen molar-refractivity contribution >= 4 is 10.9 Å². The van der Waals surface area contributed by atoms with Gasteiger partial charge in [-0.25, -0.2) is 4.98 Å². The molecule has 0 aliphatic carbocycles. The average Bonchev–Trinajstić information content (AvgIpc) is 2.85. The van der Waals surface area contributed by atoms with Crippen molar-refractivity contribution in [2.24, 2.45) is 0 Å². The molecule has 7 heteroatoms. The van der Waals surface area contributed by atoms with Gasteiger partial charge in [0.2, 0.25) is 0 Å². The number of ether oxygens (including phenoxy) is 3. The molecular weight excluding hydrogens is 455 g/mol. The lowest BCUT2D eigenvalue weighted by atomic mass is 10.1. The first kappa shape index (κ1) is 24.4. The summed E-state index contributed by atoms with van der Waals surface area (Å²) in [5.74, 6) is 1.76. The number of aromatic nitrogens is 1. The van der Waals surface area contributed by atoms with E-state index >= 15 is 0 Å². The maximum absolute atomic E-state index is 12.3. The van der Waals surface area contributed by atoms with Crippen LogP contribution in [0.5, 0.6) is 17.2 Å². The molecule has 0 aliphatic heterocycles. The summed E-state index contributed by atoms with van der Waals surface area (Å²) in [7, 11) is 0. The highest BCUT2D eigenvalue weighted by atomic mass is 19.4. The number of alkyl halides is 3. The van der Waals surface area contributed by atoms with Crippen molar-refractivity contribution in [1.82, 2.24) is 4.98 Å². The lowest BCUT2D eigenvalue weighted by molar-refractivity contribution is -0.136. The summed E-state index contributed by atoms with van der Waals surface area (Å²) in [6.45, 7) is 2.58. The molecule has 0 saturated heterocycles. The first-order chi connectivity index (χ1) is 16.9. The maximum Gasteiger partial charge on any atom is 0.389 e. The SMILES string of the molecule is Cc1c(COc2cccc(OCCCC(F)(F)F)c2)nc2ccccc2c1OCc1ccccc1.